The molecule has 7 nitrogen and oxygen atoms in total. The maximum absolute atomic E-state index is 13.2. The summed E-state index contributed by atoms with van der Waals surface area (Å²) in [4.78, 5) is 14.5. The number of piperazine rings is 1. The van der Waals surface area contributed by atoms with Gasteiger partial charge in [0.25, 0.3) is 0 Å². The highest BCUT2D eigenvalue weighted by Crippen LogP contribution is 2.28. The van der Waals surface area contributed by atoms with Gasteiger partial charge >= 0.3 is 5.97 Å². The molecule has 1 aromatic rings. The number of hydrogen-bond donors (Lipinski definition) is 1. The largest absolute Gasteiger partial charge is 0.465 e. The van der Waals surface area contributed by atoms with Gasteiger partial charge in [0.15, 0.2) is 0 Å². The van der Waals surface area contributed by atoms with E-state index in [-0.39, 0.29) is 28.9 Å². The fourth-order valence-electron chi connectivity index (χ4n) is 3.74. The van der Waals surface area contributed by atoms with E-state index >= 15 is 0 Å². The highest BCUT2D eigenvalue weighted by atomic mass is 35.5. The lowest BCUT2D eigenvalue weighted by atomic mass is 10.1. The molecule has 2 aliphatic heterocycles. The van der Waals surface area contributed by atoms with Crippen molar-refractivity contribution in [3.63, 3.8) is 0 Å². The Morgan fingerprint density at radius 1 is 1.19 bits per heavy atom. The van der Waals surface area contributed by atoms with E-state index in [0.717, 1.165) is 38.2 Å². The van der Waals surface area contributed by atoms with E-state index < -0.39 is 16.0 Å². The smallest absolute Gasteiger partial charge is 0.337 e. The van der Waals surface area contributed by atoms with Crippen LogP contribution in [0, 0.1) is 13.8 Å². The summed E-state index contributed by atoms with van der Waals surface area (Å²) in [5.41, 5.74) is 1.72. The summed E-state index contributed by atoms with van der Waals surface area (Å²) < 4.78 is 32.8. The van der Waals surface area contributed by atoms with E-state index in [1.165, 1.54) is 13.2 Å². The number of hydrogen-bond acceptors (Lipinski definition) is 6. The fraction of sp³-hybridized carbons (Fsp3) is 0.611. The van der Waals surface area contributed by atoms with Crippen LogP contribution in [0.5, 0.6) is 0 Å². The van der Waals surface area contributed by atoms with E-state index in [2.05, 4.69) is 10.2 Å². The van der Waals surface area contributed by atoms with Crippen LogP contribution in [0.15, 0.2) is 17.0 Å². The van der Waals surface area contributed by atoms with Crippen LogP contribution in [-0.4, -0.2) is 76.0 Å². The Morgan fingerprint density at radius 2 is 1.85 bits per heavy atom. The van der Waals surface area contributed by atoms with Crippen molar-refractivity contribution in [1.29, 1.82) is 0 Å². The summed E-state index contributed by atoms with van der Waals surface area (Å²) >= 11 is 0. The molecule has 0 aliphatic carbocycles. The predicted octanol–water partition coefficient (Wildman–Crippen LogP) is 1.18. The molecule has 1 atom stereocenters. The minimum Gasteiger partial charge on any atom is -0.465 e. The number of nitrogens with one attached hydrogen (secondary N) is 1. The number of nitrogens with zero attached hydrogens (tertiary/aromatic N) is 2. The summed E-state index contributed by atoms with van der Waals surface area (Å²) in [5.74, 6) is -0.523. The molecule has 0 aromatic heterocycles. The van der Waals surface area contributed by atoms with Crippen LogP contribution in [0.4, 0.5) is 0 Å². The van der Waals surface area contributed by atoms with Crippen molar-refractivity contribution >= 4 is 28.4 Å². The zero-order chi connectivity index (χ0) is 18.9. The summed E-state index contributed by atoms with van der Waals surface area (Å²) in [7, 11) is -2.35. The van der Waals surface area contributed by atoms with Crippen LogP contribution in [0.1, 0.15) is 27.9 Å². The molecule has 9 heteroatoms. The van der Waals surface area contributed by atoms with Crippen molar-refractivity contribution in [2.75, 3.05) is 46.4 Å². The number of esters is 1. The van der Waals surface area contributed by atoms with Crippen LogP contribution in [0.2, 0.25) is 0 Å². The van der Waals surface area contributed by atoms with Crippen molar-refractivity contribution in [3.05, 3.63) is 28.8 Å². The lowest BCUT2D eigenvalue weighted by Gasteiger charge is -2.32. The Hall–Kier alpha value is -1.19. The Bertz CT molecular complexity index is 794. The molecule has 1 aromatic carbocycles. The minimum atomic E-state index is -3.64. The number of ether oxygens (including phenoxy) is 1. The first-order valence-electron chi connectivity index (χ1n) is 8.99. The van der Waals surface area contributed by atoms with Crippen molar-refractivity contribution in [1.82, 2.24) is 14.5 Å². The van der Waals surface area contributed by atoms with Crippen molar-refractivity contribution in [3.8, 4) is 0 Å². The zero-order valence-corrected chi connectivity index (χ0v) is 17.7. The summed E-state index contributed by atoms with van der Waals surface area (Å²) in [6, 6.07) is 3.38. The zero-order valence-electron chi connectivity index (χ0n) is 16.0. The topological polar surface area (TPSA) is 79.0 Å². The third-order valence-corrected chi connectivity index (χ3v) is 7.44. The maximum Gasteiger partial charge on any atom is 0.337 e. The molecule has 0 spiro atoms. The number of carbonyl (C=O) groups is 1. The van der Waals surface area contributed by atoms with Gasteiger partial charge in [-0.3, -0.25) is 4.90 Å². The van der Waals surface area contributed by atoms with Gasteiger partial charge in [0, 0.05) is 45.3 Å². The number of methoxy groups -OCH3 is 1. The van der Waals surface area contributed by atoms with E-state index in [9.17, 15) is 13.2 Å². The highest BCUT2D eigenvalue weighted by molar-refractivity contribution is 7.89. The third-order valence-electron chi connectivity index (χ3n) is 5.45. The molecule has 0 radical (unpaired) electrons. The number of carbonyl (C=O) groups excluding carboxylic acids is 1. The molecule has 3 rings (SSSR count). The lowest BCUT2D eigenvalue weighted by molar-refractivity contribution is 0.0600. The van der Waals surface area contributed by atoms with E-state index in [1.807, 2.05) is 6.92 Å². The number of aryl methyl sites for hydroxylation is 1. The van der Waals surface area contributed by atoms with Gasteiger partial charge in [-0.2, -0.15) is 4.31 Å². The molecule has 2 saturated heterocycles. The van der Waals surface area contributed by atoms with Crippen molar-refractivity contribution < 1.29 is 17.9 Å². The van der Waals surface area contributed by atoms with Gasteiger partial charge in [0.2, 0.25) is 10.0 Å². The second-order valence-electron chi connectivity index (χ2n) is 7.00. The third kappa shape index (κ3) is 4.46. The molecule has 2 heterocycles. The van der Waals surface area contributed by atoms with Crippen molar-refractivity contribution in [2.45, 2.75) is 31.2 Å². The van der Waals surface area contributed by atoms with Crippen molar-refractivity contribution in [2.24, 2.45) is 0 Å². The number of sulfonamides is 1. The first kappa shape index (κ1) is 22.1. The van der Waals surface area contributed by atoms with Gasteiger partial charge in [-0.1, -0.05) is 0 Å². The van der Waals surface area contributed by atoms with Gasteiger partial charge < -0.3 is 10.1 Å². The molecule has 1 unspecified atom stereocenters. The van der Waals surface area contributed by atoms with Crippen LogP contribution >= 0.6 is 12.4 Å². The van der Waals surface area contributed by atoms with E-state index in [4.69, 9.17) is 4.74 Å². The minimum absolute atomic E-state index is 0. The Labute approximate surface area is 167 Å². The fourth-order valence-corrected chi connectivity index (χ4v) is 5.56. The Balaban J connectivity index is 0.00000261. The SMILES string of the molecule is COC(=O)c1cc(C)c(C)c(S(=O)(=O)N2CCC(N3CCNCC3)C2)c1.Cl. The molecule has 0 amide bonds. The first-order chi connectivity index (χ1) is 12.3. The van der Waals surface area contributed by atoms with Crippen LogP contribution < -0.4 is 5.32 Å². The predicted molar refractivity (Wildman–Crippen MR) is 106 cm³/mol. The second kappa shape index (κ2) is 8.87. The Morgan fingerprint density at radius 3 is 2.48 bits per heavy atom. The quantitative estimate of drug-likeness (QED) is 0.741. The summed E-state index contributed by atoms with van der Waals surface area (Å²) in [6.45, 7) is 8.41. The average molecular weight is 418 g/mol. The number of halogens is 1. The monoisotopic (exact) mass is 417 g/mol. The van der Waals surface area contributed by atoms with Gasteiger partial charge in [0.1, 0.15) is 0 Å². The van der Waals surface area contributed by atoms with E-state index in [0.29, 0.717) is 18.7 Å². The normalized spacial score (nSPS) is 21.7. The van der Waals surface area contributed by atoms with Gasteiger partial charge in [-0.15, -0.1) is 12.4 Å². The van der Waals surface area contributed by atoms with Crippen LogP contribution in [0.3, 0.4) is 0 Å². The Kier molecular flexibility index (Phi) is 7.27. The van der Waals surface area contributed by atoms with Crippen LogP contribution in [0.25, 0.3) is 0 Å². The molecule has 1 N–H and O–H groups in total. The number of rotatable bonds is 4. The molecule has 0 bridgehead atoms. The summed E-state index contributed by atoms with van der Waals surface area (Å²) in [5, 5.41) is 3.32. The molecule has 0 saturated carbocycles. The molecule has 2 fully saturated rings. The number of benzene rings is 1. The van der Waals surface area contributed by atoms with Gasteiger partial charge in [-0.05, 0) is 43.5 Å². The molecular weight excluding hydrogens is 390 g/mol. The standard InChI is InChI=1S/C18H27N3O4S.ClH/c1-13-10-15(18(22)25-3)11-17(14(13)2)26(23,24)21-7-4-16(12-21)20-8-5-19-6-9-20;/h10-11,16,19H,4-9,12H2,1-3H3;1H. The van der Waals surface area contributed by atoms with E-state index in [1.54, 1.807) is 17.3 Å². The first-order valence-corrected chi connectivity index (χ1v) is 10.4. The average Bonchev–Trinajstić information content (AvgIpc) is 3.14. The molecular formula is C18H28ClN3O4S. The second-order valence-corrected chi connectivity index (χ2v) is 8.91. The maximum atomic E-state index is 13.2. The molecule has 2 aliphatic rings. The van der Waals surface area contributed by atoms with Crippen LogP contribution in [-0.2, 0) is 14.8 Å². The van der Waals surface area contributed by atoms with Gasteiger partial charge in [0.05, 0.1) is 17.6 Å². The molecule has 27 heavy (non-hydrogen) atoms. The molecule has 152 valence electrons. The highest BCUT2D eigenvalue weighted by Gasteiger charge is 2.36. The lowest BCUT2D eigenvalue weighted by Crippen LogP contribution is -2.49. The van der Waals surface area contributed by atoms with Gasteiger partial charge in [-0.25, -0.2) is 13.2 Å². The summed E-state index contributed by atoms with van der Waals surface area (Å²) in [6.07, 6.45) is 0.841.